The largest absolute Gasteiger partial charge is 0.312 e. The molecule has 0 saturated heterocycles. The van der Waals surface area contributed by atoms with Gasteiger partial charge < -0.3 is 4.90 Å². The number of hydrogen-bond acceptors (Lipinski definition) is 1. The number of aryl methyl sites for hydroxylation is 1. The van der Waals surface area contributed by atoms with Gasteiger partial charge in [-0.1, -0.05) is 37.5 Å². The van der Waals surface area contributed by atoms with Gasteiger partial charge in [-0.25, -0.2) is 0 Å². The molecular formula is C17H23NO. The van der Waals surface area contributed by atoms with Gasteiger partial charge in [0.05, 0.1) is 0 Å². The first-order valence-corrected chi connectivity index (χ1v) is 7.73. The third-order valence-corrected chi connectivity index (χ3v) is 4.60. The van der Waals surface area contributed by atoms with Gasteiger partial charge in [0.2, 0.25) is 5.91 Å². The van der Waals surface area contributed by atoms with Crippen molar-refractivity contribution in [1.29, 1.82) is 0 Å². The van der Waals surface area contributed by atoms with Crippen molar-refractivity contribution in [3.8, 4) is 0 Å². The van der Waals surface area contributed by atoms with Crippen LogP contribution in [0, 0.1) is 5.92 Å². The van der Waals surface area contributed by atoms with E-state index < -0.39 is 0 Å². The van der Waals surface area contributed by atoms with Gasteiger partial charge in [-0.3, -0.25) is 4.79 Å². The predicted octanol–water partition coefficient (Wildman–Crippen LogP) is 3.94. The Bertz CT molecular complexity index is 448. The molecule has 1 aliphatic heterocycles. The van der Waals surface area contributed by atoms with Crippen molar-refractivity contribution in [2.45, 2.75) is 51.4 Å². The summed E-state index contributed by atoms with van der Waals surface area (Å²) in [5, 5.41) is 0. The second-order valence-electron chi connectivity index (χ2n) is 5.99. The Morgan fingerprint density at radius 3 is 2.74 bits per heavy atom. The topological polar surface area (TPSA) is 20.3 Å². The molecule has 0 N–H and O–H groups in total. The summed E-state index contributed by atoms with van der Waals surface area (Å²) in [5.41, 5.74) is 2.50. The third-order valence-electron chi connectivity index (χ3n) is 4.60. The lowest BCUT2D eigenvalue weighted by Crippen LogP contribution is -2.36. The number of anilines is 1. The first-order chi connectivity index (χ1) is 9.34. The Labute approximate surface area is 115 Å². The molecule has 0 unspecified atom stereocenters. The normalized spacial score (nSPS) is 20.1. The lowest BCUT2D eigenvalue weighted by molar-refractivity contribution is -0.119. The summed E-state index contributed by atoms with van der Waals surface area (Å²) in [6.45, 7) is 0.905. The predicted molar refractivity (Wildman–Crippen MR) is 78.3 cm³/mol. The second-order valence-corrected chi connectivity index (χ2v) is 5.99. The number of rotatable bonds is 2. The third kappa shape index (κ3) is 2.83. The van der Waals surface area contributed by atoms with Gasteiger partial charge in [0.25, 0.3) is 0 Å². The molecule has 0 radical (unpaired) electrons. The molecule has 1 fully saturated rings. The lowest BCUT2D eigenvalue weighted by atomic mass is 9.86. The zero-order valence-electron chi connectivity index (χ0n) is 11.6. The minimum atomic E-state index is 0.346. The number of hydrogen-bond donors (Lipinski definition) is 0. The van der Waals surface area contributed by atoms with Crippen molar-refractivity contribution in [2.75, 3.05) is 11.4 Å². The van der Waals surface area contributed by atoms with Crippen LogP contribution in [-0.2, 0) is 11.2 Å². The fourth-order valence-corrected chi connectivity index (χ4v) is 3.54. The van der Waals surface area contributed by atoms with E-state index in [1.165, 1.54) is 37.7 Å². The SMILES string of the molecule is O=C(CC1CCCCC1)N1CCCc2ccccc21. The average molecular weight is 257 g/mol. The van der Waals surface area contributed by atoms with Gasteiger partial charge in [-0.05, 0) is 43.2 Å². The molecule has 0 spiro atoms. The molecule has 1 heterocycles. The fourth-order valence-electron chi connectivity index (χ4n) is 3.54. The van der Waals surface area contributed by atoms with Gasteiger partial charge >= 0.3 is 0 Å². The molecule has 0 aromatic heterocycles. The van der Waals surface area contributed by atoms with E-state index in [1.807, 2.05) is 11.0 Å². The Hall–Kier alpha value is -1.31. The highest BCUT2D eigenvalue weighted by Crippen LogP contribution is 2.31. The van der Waals surface area contributed by atoms with Crippen molar-refractivity contribution in [2.24, 2.45) is 5.92 Å². The number of para-hydroxylation sites is 1. The molecule has 1 aromatic rings. The Morgan fingerprint density at radius 2 is 1.89 bits per heavy atom. The molecule has 1 amide bonds. The highest BCUT2D eigenvalue weighted by molar-refractivity contribution is 5.94. The number of benzene rings is 1. The summed E-state index contributed by atoms with van der Waals surface area (Å²) in [5.74, 6) is 0.981. The minimum absolute atomic E-state index is 0.346. The minimum Gasteiger partial charge on any atom is -0.312 e. The summed E-state index contributed by atoms with van der Waals surface area (Å²) in [7, 11) is 0. The van der Waals surface area contributed by atoms with Crippen LogP contribution in [0.15, 0.2) is 24.3 Å². The second kappa shape index (κ2) is 5.77. The van der Waals surface area contributed by atoms with Gasteiger partial charge in [-0.15, -0.1) is 0 Å². The maximum absolute atomic E-state index is 12.6. The van der Waals surface area contributed by atoms with Crippen LogP contribution in [-0.4, -0.2) is 12.5 Å². The van der Waals surface area contributed by atoms with E-state index in [1.54, 1.807) is 0 Å². The van der Waals surface area contributed by atoms with Crippen molar-refractivity contribution in [1.82, 2.24) is 0 Å². The Kier molecular flexibility index (Phi) is 3.86. The van der Waals surface area contributed by atoms with E-state index in [0.717, 1.165) is 31.5 Å². The molecule has 19 heavy (non-hydrogen) atoms. The van der Waals surface area contributed by atoms with Crippen LogP contribution < -0.4 is 4.90 Å². The number of fused-ring (bicyclic) bond motifs is 1. The van der Waals surface area contributed by atoms with Crippen molar-refractivity contribution in [3.63, 3.8) is 0 Å². The molecule has 0 atom stereocenters. The molecule has 0 bridgehead atoms. The van der Waals surface area contributed by atoms with Crippen LogP contribution in [0.2, 0.25) is 0 Å². The van der Waals surface area contributed by atoms with Crippen molar-refractivity contribution in [3.05, 3.63) is 29.8 Å². The molecule has 1 aromatic carbocycles. The average Bonchev–Trinajstić information content (AvgIpc) is 2.47. The highest BCUT2D eigenvalue weighted by Gasteiger charge is 2.25. The lowest BCUT2D eigenvalue weighted by Gasteiger charge is -2.31. The van der Waals surface area contributed by atoms with Crippen LogP contribution in [0.4, 0.5) is 5.69 Å². The molecular weight excluding hydrogens is 234 g/mol. The molecule has 1 saturated carbocycles. The van der Waals surface area contributed by atoms with E-state index in [9.17, 15) is 4.79 Å². The summed E-state index contributed by atoms with van der Waals surface area (Å²) in [4.78, 5) is 14.6. The first kappa shape index (κ1) is 12.7. The maximum atomic E-state index is 12.6. The van der Waals surface area contributed by atoms with Crippen molar-refractivity contribution < 1.29 is 4.79 Å². The Morgan fingerprint density at radius 1 is 1.11 bits per heavy atom. The summed E-state index contributed by atoms with van der Waals surface area (Å²) in [6.07, 6.45) is 9.47. The summed E-state index contributed by atoms with van der Waals surface area (Å²) >= 11 is 0. The van der Waals surface area contributed by atoms with E-state index in [2.05, 4.69) is 18.2 Å². The van der Waals surface area contributed by atoms with Gasteiger partial charge in [0.1, 0.15) is 0 Å². The molecule has 3 rings (SSSR count). The van der Waals surface area contributed by atoms with Gasteiger partial charge in [0, 0.05) is 18.7 Å². The van der Waals surface area contributed by atoms with Gasteiger partial charge in [-0.2, -0.15) is 0 Å². The summed E-state index contributed by atoms with van der Waals surface area (Å²) in [6, 6.07) is 8.39. The maximum Gasteiger partial charge on any atom is 0.227 e. The summed E-state index contributed by atoms with van der Waals surface area (Å²) < 4.78 is 0. The van der Waals surface area contributed by atoms with Crippen LogP contribution in [0.25, 0.3) is 0 Å². The van der Waals surface area contributed by atoms with Crippen LogP contribution in [0.5, 0.6) is 0 Å². The number of carbonyl (C=O) groups is 1. The van der Waals surface area contributed by atoms with Crippen LogP contribution in [0.3, 0.4) is 0 Å². The first-order valence-electron chi connectivity index (χ1n) is 7.73. The van der Waals surface area contributed by atoms with Crippen LogP contribution >= 0.6 is 0 Å². The van der Waals surface area contributed by atoms with Crippen LogP contribution in [0.1, 0.15) is 50.5 Å². The highest BCUT2D eigenvalue weighted by atomic mass is 16.2. The number of carbonyl (C=O) groups excluding carboxylic acids is 1. The molecule has 1 aliphatic carbocycles. The zero-order chi connectivity index (χ0) is 13.1. The number of nitrogens with zero attached hydrogens (tertiary/aromatic N) is 1. The zero-order valence-corrected chi connectivity index (χ0v) is 11.6. The van der Waals surface area contributed by atoms with E-state index in [-0.39, 0.29) is 0 Å². The smallest absolute Gasteiger partial charge is 0.227 e. The van der Waals surface area contributed by atoms with Gasteiger partial charge in [0.15, 0.2) is 0 Å². The fraction of sp³-hybridized carbons (Fsp3) is 0.588. The van der Waals surface area contributed by atoms with E-state index in [0.29, 0.717) is 11.8 Å². The molecule has 102 valence electrons. The Balaban J connectivity index is 1.70. The van der Waals surface area contributed by atoms with E-state index in [4.69, 9.17) is 0 Å². The standard InChI is InChI=1S/C17H23NO/c19-17(13-14-7-2-1-3-8-14)18-12-6-10-15-9-4-5-11-16(15)18/h4-5,9,11,14H,1-3,6-8,10,12-13H2. The van der Waals surface area contributed by atoms with Crippen molar-refractivity contribution >= 4 is 11.6 Å². The van der Waals surface area contributed by atoms with E-state index >= 15 is 0 Å². The molecule has 2 heteroatoms. The monoisotopic (exact) mass is 257 g/mol. The molecule has 2 nitrogen and oxygen atoms in total. The quantitative estimate of drug-likeness (QED) is 0.786. The number of amides is 1. The molecule has 2 aliphatic rings.